The molecule has 1 atom stereocenters. The van der Waals surface area contributed by atoms with Crippen molar-refractivity contribution in [2.45, 2.75) is 64.6 Å². The molecule has 1 unspecified atom stereocenters. The summed E-state index contributed by atoms with van der Waals surface area (Å²) >= 11 is 0. The van der Waals surface area contributed by atoms with Gasteiger partial charge in [-0.15, -0.1) is 0 Å². The van der Waals surface area contributed by atoms with E-state index in [0.717, 1.165) is 53.4 Å². The number of anilines is 1. The van der Waals surface area contributed by atoms with E-state index in [4.69, 9.17) is 0 Å². The van der Waals surface area contributed by atoms with Gasteiger partial charge >= 0.3 is 0 Å². The molecule has 2 heterocycles. The number of aromatic nitrogens is 1. The molecule has 0 radical (unpaired) electrons. The van der Waals surface area contributed by atoms with Gasteiger partial charge in [-0.1, -0.05) is 48.7 Å². The predicted octanol–water partition coefficient (Wildman–Crippen LogP) is 4.74. The maximum atomic E-state index is 13.9. The number of carbonyl (C=O) groups is 2. The van der Waals surface area contributed by atoms with E-state index in [9.17, 15) is 9.59 Å². The van der Waals surface area contributed by atoms with E-state index in [1.807, 2.05) is 67.8 Å². The van der Waals surface area contributed by atoms with E-state index in [1.54, 1.807) is 4.90 Å². The summed E-state index contributed by atoms with van der Waals surface area (Å²) in [6.07, 6.45) is 4.32. The number of fused-ring (bicyclic) bond motifs is 3. The number of nitrogens with one attached hydrogen (secondary N) is 1. The first kappa shape index (κ1) is 19.9. The second kappa shape index (κ2) is 7.26. The molecular weight excluding hydrogens is 386 g/mol. The minimum atomic E-state index is -1.02. The van der Waals surface area contributed by atoms with E-state index in [1.165, 1.54) is 0 Å². The van der Waals surface area contributed by atoms with Gasteiger partial charge in [0, 0.05) is 22.6 Å². The van der Waals surface area contributed by atoms with Gasteiger partial charge in [-0.3, -0.25) is 14.5 Å². The first-order valence-corrected chi connectivity index (χ1v) is 11.2. The van der Waals surface area contributed by atoms with Crippen LogP contribution in [0.3, 0.4) is 0 Å². The number of aryl methyl sites for hydroxylation is 2. The number of carbonyl (C=O) groups excluding carboxylic acids is 2. The van der Waals surface area contributed by atoms with E-state index >= 15 is 0 Å². The van der Waals surface area contributed by atoms with Gasteiger partial charge in [-0.2, -0.15) is 0 Å². The largest absolute Gasteiger partial charge is 0.351 e. The van der Waals surface area contributed by atoms with Crippen LogP contribution in [0.2, 0.25) is 0 Å². The van der Waals surface area contributed by atoms with Crippen molar-refractivity contribution in [3.63, 3.8) is 0 Å². The summed E-state index contributed by atoms with van der Waals surface area (Å²) < 4.78 is 2.02. The van der Waals surface area contributed by atoms with Crippen LogP contribution in [-0.2, 0) is 11.3 Å². The summed E-state index contributed by atoms with van der Waals surface area (Å²) in [5.74, 6) is -0.199. The lowest BCUT2D eigenvalue weighted by atomic mass is 9.92. The standard InChI is InChI=1S/C26H29N3O2/c1-17-12-13-21(18(2)14-17)29-24(30)23-15-19-8-4-7-11-22(19)28(23)16-26(29,3)25(31)27-20-9-5-6-10-20/h4,7-8,11-15,20H,5-6,9-10,16H2,1-3H3,(H,27,31). The van der Waals surface area contributed by atoms with Gasteiger partial charge in [0.1, 0.15) is 11.2 Å². The highest BCUT2D eigenvalue weighted by Gasteiger charge is 2.49. The summed E-state index contributed by atoms with van der Waals surface area (Å²) in [4.78, 5) is 29.4. The first-order chi connectivity index (χ1) is 14.9. The Balaban J connectivity index is 1.66. The Labute approximate surface area is 183 Å². The molecule has 1 saturated carbocycles. The van der Waals surface area contributed by atoms with Crippen LogP contribution in [0.15, 0.2) is 48.5 Å². The van der Waals surface area contributed by atoms with Gasteiger partial charge in [0.25, 0.3) is 5.91 Å². The van der Waals surface area contributed by atoms with Crippen molar-refractivity contribution in [3.8, 4) is 0 Å². The van der Waals surface area contributed by atoms with Crippen LogP contribution in [0.5, 0.6) is 0 Å². The fraction of sp³-hybridized carbons (Fsp3) is 0.385. The molecule has 160 valence electrons. The van der Waals surface area contributed by atoms with Crippen molar-refractivity contribution in [2.24, 2.45) is 0 Å². The Kier molecular flexibility index (Phi) is 4.65. The fourth-order valence-electron chi connectivity index (χ4n) is 5.29. The second-order valence-corrected chi connectivity index (χ2v) is 9.33. The molecule has 0 saturated heterocycles. The fourth-order valence-corrected chi connectivity index (χ4v) is 5.29. The van der Waals surface area contributed by atoms with E-state index in [2.05, 4.69) is 11.4 Å². The van der Waals surface area contributed by atoms with Crippen molar-refractivity contribution >= 4 is 28.4 Å². The summed E-state index contributed by atoms with van der Waals surface area (Å²) in [7, 11) is 0. The van der Waals surface area contributed by atoms with Crippen molar-refractivity contribution in [3.05, 3.63) is 65.4 Å². The van der Waals surface area contributed by atoms with Gasteiger partial charge in [-0.05, 0) is 57.4 Å². The van der Waals surface area contributed by atoms with Crippen molar-refractivity contribution in [1.29, 1.82) is 0 Å². The highest BCUT2D eigenvalue weighted by Crippen LogP contribution is 2.37. The molecule has 0 bridgehead atoms. The lowest BCUT2D eigenvalue weighted by molar-refractivity contribution is -0.127. The molecule has 5 heteroatoms. The molecule has 5 nitrogen and oxygen atoms in total. The SMILES string of the molecule is Cc1ccc(N2C(=O)c3cc4ccccc4n3CC2(C)C(=O)NC2CCCC2)c(C)c1. The Morgan fingerprint density at radius 1 is 1.06 bits per heavy atom. The summed E-state index contributed by atoms with van der Waals surface area (Å²) in [6.45, 7) is 6.38. The van der Waals surface area contributed by atoms with Crippen LogP contribution >= 0.6 is 0 Å². The number of hydrogen-bond donors (Lipinski definition) is 1. The molecule has 0 spiro atoms. The minimum absolute atomic E-state index is 0.0730. The van der Waals surface area contributed by atoms with Crippen LogP contribution in [-0.4, -0.2) is 28.0 Å². The molecule has 2 aromatic carbocycles. The number of hydrogen-bond acceptors (Lipinski definition) is 2. The highest BCUT2D eigenvalue weighted by molar-refractivity contribution is 6.14. The number of rotatable bonds is 3. The predicted molar refractivity (Wildman–Crippen MR) is 123 cm³/mol. The van der Waals surface area contributed by atoms with Gasteiger partial charge in [-0.25, -0.2) is 0 Å². The van der Waals surface area contributed by atoms with Gasteiger partial charge in [0.2, 0.25) is 5.91 Å². The lowest BCUT2D eigenvalue weighted by Gasteiger charge is -2.45. The van der Waals surface area contributed by atoms with Gasteiger partial charge in [0.05, 0.1) is 6.54 Å². The topological polar surface area (TPSA) is 54.3 Å². The Hall–Kier alpha value is -3.08. The van der Waals surface area contributed by atoms with Crippen LogP contribution in [0.4, 0.5) is 5.69 Å². The molecule has 5 rings (SSSR count). The monoisotopic (exact) mass is 415 g/mol. The average molecular weight is 416 g/mol. The van der Waals surface area contributed by atoms with E-state index in [-0.39, 0.29) is 17.9 Å². The first-order valence-electron chi connectivity index (χ1n) is 11.2. The number of nitrogens with zero attached hydrogens (tertiary/aromatic N) is 2. The highest BCUT2D eigenvalue weighted by atomic mass is 16.2. The zero-order chi connectivity index (χ0) is 21.8. The Bertz CT molecular complexity index is 1190. The summed E-state index contributed by atoms with van der Waals surface area (Å²) in [5.41, 5.74) is 3.54. The smallest absolute Gasteiger partial charge is 0.275 e. The zero-order valence-electron chi connectivity index (χ0n) is 18.4. The van der Waals surface area contributed by atoms with E-state index in [0.29, 0.717) is 12.2 Å². The summed E-state index contributed by atoms with van der Waals surface area (Å²) in [5, 5.41) is 4.29. The van der Waals surface area contributed by atoms with Crippen molar-refractivity contribution in [1.82, 2.24) is 9.88 Å². The second-order valence-electron chi connectivity index (χ2n) is 9.33. The minimum Gasteiger partial charge on any atom is -0.351 e. The molecular formula is C26H29N3O2. The summed E-state index contributed by atoms with van der Waals surface area (Å²) in [6, 6.07) is 16.2. The molecule has 1 N–H and O–H groups in total. The lowest BCUT2D eigenvalue weighted by Crippen LogP contribution is -2.65. The Morgan fingerprint density at radius 3 is 2.55 bits per heavy atom. The third kappa shape index (κ3) is 3.14. The molecule has 1 aliphatic carbocycles. The quantitative estimate of drug-likeness (QED) is 0.672. The molecule has 1 fully saturated rings. The molecule has 3 aromatic rings. The van der Waals surface area contributed by atoms with Crippen LogP contribution in [0, 0.1) is 13.8 Å². The van der Waals surface area contributed by atoms with E-state index < -0.39 is 5.54 Å². The van der Waals surface area contributed by atoms with Gasteiger partial charge < -0.3 is 9.88 Å². The zero-order valence-corrected chi connectivity index (χ0v) is 18.4. The number of benzene rings is 2. The molecule has 1 aromatic heterocycles. The van der Waals surface area contributed by atoms with Gasteiger partial charge in [0.15, 0.2) is 0 Å². The molecule has 2 aliphatic rings. The third-order valence-electron chi connectivity index (χ3n) is 6.97. The normalized spacial score (nSPS) is 21.5. The van der Waals surface area contributed by atoms with Crippen molar-refractivity contribution < 1.29 is 9.59 Å². The maximum absolute atomic E-state index is 13.9. The molecule has 1 aliphatic heterocycles. The number of para-hydroxylation sites is 1. The van der Waals surface area contributed by atoms with Crippen LogP contribution in [0.25, 0.3) is 10.9 Å². The molecule has 31 heavy (non-hydrogen) atoms. The van der Waals surface area contributed by atoms with Crippen molar-refractivity contribution in [2.75, 3.05) is 4.90 Å². The third-order valence-corrected chi connectivity index (χ3v) is 6.97. The van der Waals surface area contributed by atoms with Crippen LogP contribution in [0.1, 0.15) is 54.2 Å². The number of amides is 2. The maximum Gasteiger partial charge on any atom is 0.275 e. The van der Waals surface area contributed by atoms with Crippen LogP contribution < -0.4 is 10.2 Å². The molecule has 2 amide bonds. The average Bonchev–Trinajstić information content (AvgIpc) is 3.37. The Morgan fingerprint density at radius 2 is 1.81 bits per heavy atom.